The first-order chi connectivity index (χ1) is 9.81. The fourth-order valence-electron chi connectivity index (χ4n) is 2.92. The number of aromatic nitrogens is 1. The molecule has 0 saturated heterocycles. The van der Waals surface area contributed by atoms with Gasteiger partial charge in [0.2, 0.25) is 0 Å². The fraction of sp³-hybridized carbons (Fsp3) is 0.353. The molecule has 2 aromatic rings. The Morgan fingerprint density at radius 1 is 1.20 bits per heavy atom. The summed E-state index contributed by atoms with van der Waals surface area (Å²) >= 11 is 0. The van der Waals surface area contributed by atoms with Crippen LogP contribution in [0.15, 0.2) is 36.4 Å². The van der Waals surface area contributed by atoms with Gasteiger partial charge in [0, 0.05) is 5.69 Å². The van der Waals surface area contributed by atoms with Crippen molar-refractivity contribution in [2.75, 3.05) is 6.61 Å². The Balaban J connectivity index is 2.13. The van der Waals surface area contributed by atoms with Gasteiger partial charge in [-0.15, -0.1) is 0 Å². The summed E-state index contributed by atoms with van der Waals surface area (Å²) in [5.41, 5.74) is 4.45. The third-order valence-corrected chi connectivity index (χ3v) is 3.82. The van der Waals surface area contributed by atoms with E-state index in [1.807, 2.05) is 37.3 Å². The van der Waals surface area contributed by atoms with Crippen LogP contribution >= 0.6 is 0 Å². The minimum Gasteiger partial charge on any atom is -0.449 e. The maximum absolute atomic E-state index is 12.3. The highest BCUT2D eigenvalue weighted by Gasteiger charge is 2.23. The van der Waals surface area contributed by atoms with Crippen LogP contribution in [0.5, 0.6) is 0 Å². The number of aryl methyl sites for hydroxylation is 1. The highest BCUT2D eigenvalue weighted by molar-refractivity contribution is 5.80. The van der Waals surface area contributed by atoms with Gasteiger partial charge in [-0.1, -0.05) is 30.3 Å². The van der Waals surface area contributed by atoms with Crippen molar-refractivity contribution in [3.8, 4) is 11.3 Å². The number of nitrogens with zero attached hydrogens (tertiary/aromatic N) is 1. The van der Waals surface area contributed by atoms with E-state index < -0.39 is 0 Å². The first-order valence-electron chi connectivity index (χ1n) is 7.27. The summed E-state index contributed by atoms with van der Waals surface area (Å²) in [5, 5.41) is 0. The lowest BCUT2D eigenvalue weighted by Crippen LogP contribution is -2.19. The monoisotopic (exact) mass is 269 g/mol. The number of rotatable bonds is 2. The number of carbonyl (C=O) groups is 1. The molecule has 0 atom stereocenters. The molecule has 1 heterocycles. The van der Waals surface area contributed by atoms with Gasteiger partial charge in [0.15, 0.2) is 0 Å². The molecule has 1 aliphatic rings. The molecule has 0 bridgehead atoms. The Kier molecular flexibility index (Phi) is 3.59. The Labute approximate surface area is 119 Å². The van der Waals surface area contributed by atoms with E-state index in [0.29, 0.717) is 6.61 Å². The molecule has 104 valence electrons. The molecule has 20 heavy (non-hydrogen) atoms. The summed E-state index contributed by atoms with van der Waals surface area (Å²) in [6.45, 7) is 2.25. The first kappa shape index (κ1) is 13.0. The van der Waals surface area contributed by atoms with Crippen LogP contribution in [0.4, 0.5) is 4.79 Å². The van der Waals surface area contributed by atoms with Crippen molar-refractivity contribution in [1.29, 1.82) is 0 Å². The molecular formula is C17H19NO2. The normalized spacial score (nSPS) is 13.8. The summed E-state index contributed by atoms with van der Waals surface area (Å²) in [6.07, 6.45) is 4.11. The minimum absolute atomic E-state index is 0.255. The van der Waals surface area contributed by atoms with Gasteiger partial charge in [-0.25, -0.2) is 9.36 Å². The lowest BCUT2D eigenvalue weighted by Gasteiger charge is -2.15. The maximum Gasteiger partial charge on any atom is 0.418 e. The number of hydrogen-bond donors (Lipinski definition) is 0. The molecule has 1 aromatic carbocycles. The summed E-state index contributed by atoms with van der Waals surface area (Å²) < 4.78 is 7.01. The summed E-state index contributed by atoms with van der Waals surface area (Å²) in [5.74, 6) is 0. The molecule has 0 amide bonds. The molecule has 0 aliphatic heterocycles. The van der Waals surface area contributed by atoms with Crippen molar-refractivity contribution in [2.45, 2.75) is 32.6 Å². The molecule has 3 heteroatoms. The third-order valence-electron chi connectivity index (χ3n) is 3.82. The van der Waals surface area contributed by atoms with E-state index in [1.165, 1.54) is 12.0 Å². The van der Waals surface area contributed by atoms with Gasteiger partial charge >= 0.3 is 6.09 Å². The smallest absolute Gasteiger partial charge is 0.418 e. The molecule has 0 spiro atoms. The van der Waals surface area contributed by atoms with E-state index in [2.05, 4.69) is 6.07 Å². The molecule has 0 fully saturated rings. The van der Waals surface area contributed by atoms with Gasteiger partial charge in [0.25, 0.3) is 0 Å². The quantitative estimate of drug-likeness (QED) is 0.824. The number of fused-ring (bicyclic) bond motifs is 1. The van der Waals surface area contributed by atoms with Crippen LogP contribution in [0, 0.1) is 0 Å². The topological polar surface area (TPSA) is 31.2 Å². The van der Waals surface area contributed by atoms with E-state index in [4.69, 9.17) is 4.74 Å². The Bertz CT molecular complexity index is 613. The summed E-state index contributed by atoms with van der Waals surface area (Å²) in [4.78, 5) is 12.3. The SMILES string of the molecule is CCOC(=O)n1c(-c2ccccc2)cc2c1CCCC2. The second kappa shape index (κ2) is 5.53. The van der Waals surface area contributed by atoms with Gasteiger partial charge in [-0.2, -0.15) is 0 Å². The van der Waals surface area contributed by atoms with E-state index in [1.54, 1.807) is 4.57 Å². The predicted molar refractivity (Wildman–Crippen MR) is 78.9 cm³/mol. The molecule has 0 unspecified atom stereocenters. The fourth-order valence-corrected chi connectivity index (χ4v) is 2.92. The average Bonchev–Trinajstić information content (AvgIpc) is 2.88. The Morgan fingerprint density at radius 2 is 1.95 bits per heavy atom. The van der Waals surface area contributed by atoms with E-state index in [9.17, 15) is 4.79 Å². The molecule has 1 aromatic heterocycles. The Hall–Kier alpha value is -2.03. The van der Waals surface area contributed by atoms with Crippen molar-refractivity contribution in [2.24, 2.45) is 0 Å². The zero-order chi connectivity index (χ0) is 13.9. The van der Waals surface area contributed by atoms with Crippen molar-refractivity contribution in [3.63, 3.8) is 0 Å². The lowest BCUT2D eigenvalue weighted by atomic mass is 9.98. The van der Waals surface area contributed by atoms with Crippen molar-refractivity contribution < 1.29 is 9.53 Å². The van der Waals surface area contributed by atoms with Gasteiger partial charge < -0.3 is 4.74 Å². The second-order valence-corrected chi connectivity index (χ2v) is 5.11. The van der Waals surface area contributed by atoms with Crippen LogP contribution in [0.3, 0.4) is 0 Å². The van der Waals surface area contributed by atoms with Crippen molar-refractivity contribution >= 4 is 6.09 Å². The van der Waals surface area contributed by atoms with Gasteiger partial charge in [0.1, 0.15) is 0 Å². The van der Waals surface area contributed by atoms with Crippen LogP contribution in [0.2, 0.25) is 0 Å². The van der Waals surface area contributed by atoms with Crippen LogP contribution < -0.4 is 0 Å². The standard InChI is InChI=1S/C17H19NO2/c1-2-20-17(19)18-15-11-7-6-10-14(15)12-16(18)13-8-4-3-5-9-13/h3-5,8-9,12H,2,6-7,10-11H2,1H3. The number of benzene rings is 1. The van der Waals surface area contributed by atoms with Gasteiger partial charge in [-0.3, -0.25) is 0 Å². The first-order valence-corrected chi connectivity index (χ1v) is 7.27. The van der Waals surface area contributed by atoms with E-state index >= 15 is 0 Å². The molecule has 3 rings (SSSR count). The summed E-state index contributed by atoms with van der Waals surface area (Å²) in [6, 6.07) is 12.2. The molecule has 3 nitrogen and oxygen atoms in total. The van der Waals surface area contributed by atoms with E-state index in [0.717, 1.165) is 36.2 Å². The summed E-state index contributed by atoms with van der Waals surface area (Å²) in [7, 11) is 0. The van der Waals surface area contributed by atoms with Crippen LogP contribution in [0.1, 0.15) is 31.0 Å². The number of carbonyl (C=O) groups excluding carboxylic acids is 1. The molecule has 0 N–H and O–H groups in total. The maximum atomic E-state index is 12.3. The van der Waals surface area contributed by atoms with Gasteiger partial charge in [-0.05, 0) is 49.8 Å². The van der Waals surface area contributed by atoms with Crippen molar-refractivity contribution in [3.05, 3.63) is 47.7 Å². The molecule has 1 aliphatic carbocycles. The third kappa shape index (κ3) is 2.24. The number of hydrogen-bond acceptors (Lipinski definition) is 2. The predicted octanol–water partition coefficient (Wildman–Crippen LogP) is 4.04. The highest BCUT2D eigenvalue weighted by atomic mass is 16.5. The van der Waals surface area contributed by atoms with E-state index in [-0.39, 0.29) is 6.09 Å². The number of ether oxygens (including phenoxy) is 1. The van der Waals surface area contributed by atoms with Crippen molar-refractivity contribution in [1.82, 2.24) is 4.57 Å². The largest absolute Gasteiger partial charge is 0.449 e. The second-order valence-electron chi connectivity index (χ2n) is 5.11. The Morgan fingerprint density at radius 3 is 2.70 bits per heavy atom. The average molecular weight is 269 g/mol. The minimum atomic E-state index is -0.255. The lowest BCUT2D eigenvalue weighted by molar-refractivity contribution is 0.153. The van der Waals surface area contributed by atoms with Crippen LogP contribution in [-0.2, 0) is 17.6 Å². The van der Waals surface area contributed by atoms with Crippen LogP contribution in [-0.4, -0.2) is 17.3 Å². The molecule has 0 radical (unpaired) electrons. The van der Waals surface area contributed by atoms with Gasteiger partial charge in [0.05, 0.1) is 12.3 Å². The zero-order valence-electron chi connectivity index (χ0n) is 11.8. The molecule has 0 saturated carbocycles. The molecular weight excluding hydrogens is 250 g/mol. The zero-order valence-corrected chi connectivity index (χ0v) is 11.8. The van der Waals surface area contributed by atoms with Crippen LogP contribution in [0.25, 0.3) is 11.3 Å². The highest BCUT2D eigenvalue weighted by Crippen LogP contribution is 2.31.